The summed E-state index contributed by atoms with van der Waals surface area (Å²) in [6.07, 6.45) is 5.45. The van der Waals surface area contributed by atoms with E-state index < -0.39 is 0 Å². The molecule has 20 heavy (non-hydrogen) atoms. The SMILES string of the molecule is CCCNCC1CCCC1c1ccccc1OC(C)C. The van der Waals surface area contributed by atoms with Crippen molar-refractivity contribution in [2.75, 3.05) is 13.1 Å². The highest BCUT2D eigenvalue weighted by Crippen LogP contribution is 2.42. The van der Waals surface area contributed by atoms with Gasteiger partial charge in [-0.15, -0.1) is 0 Å². The molecule has 2 nitrogen and oxygen atoms in total. The van der Waals surface area contributed by atoms with Gasteiger partial charge < -0.3 is 10.1 Å². The zero-order valence-electron chi connectivity index (χ0n) is 13.2. The third kappa shape index (κ3) is 3.99. The second-order valence-corrected chi connectivity index (χ2v) is 6.21. The number of hydrogen-bond donors (Lipinski definition) is 1. The molecule has 0 bridgehead atoms. The van der Waals surface area contributed by atoms with Crippen LogP contribution in [0.4, 0.5) is 0 Å². The summed E-state index contributed by atoms with van der Waals surface area (Å²) in [5.74, 6) is 2.52. The summed E-state index contributed by atoms with van der Waals surface area (Å²) in [6.45, 7) is 8.71. The fraction of sp³-hybridized carbons (Fsp3) is 0.667. The molecular formula is C18H29NO. The summed E-state index contributed by atoms with van der Waals surface area (Å²) >= 11 is 0. The van der Waals surface area contributed by atoms with Crippen molar-refractivity contribution in [3.05, 3.63) is 29.8 Å². The Bertz CT molecular complexity index is 402. The molecule has 1 saturated carbocycles. The number of hydrogen-bond acceptors (Lipinski definition) is 2. The van der Waals surface area contributed by atoms with Gasteiger partial charge in [-0.3, -0.25) is 0 Å². The van der Waals surface area contributed by atoms with Crippen LogP contribution in [0.3, 0.4) is 0 Å². The minimum atomic E-state index is 0.245. The van der Waals surface area contributed by atoms with E-state index in [1.165, 1.54) is 31.2 Å². The van der Waals surface area contributed by atoms with Crippen molar-refractivity contribution in [3.63, 3.8) is 0 Å². The summed E-state index contributed by atoms with van der Waals surface area (Å²) in [4.78, 5) is 0. The van der Waals surface area contributed by atoms with Gasteiger partial charge in [0, 0.05) is 0 Å². The maximum Gasteiger partial charge on any atom is 0.123 e. The number of benzene rings is 1. The fourth-order valence-electron chi connectivity index (χ4n) is 3.30. The van der Waals surface area contributed by atoms with Crippen LogP contribution >= 0.6 is 0 Å². The Labute approximate surface area is 123 Å². The predicted molar refractivity (Wildman–Crippen MR) is 85.4 cm³/mol. The zero-order chi connectivity index (χ0) is 14.4. The number of para-hydroxylation sites is 1. The van der Waals surface area contributed by atoms with Crippen LogP contribution in [0.2, 0.25) is 0 Å². The Morgan fingerprint density at radius 3 is 2.80 bits per heavy atom. The number of nitrogens with one attached hydrogen (secondary N) is 1. The first-order chi connectivity index (χ1) is 9.72. The van der Waals surface area contributed by atoms with Crippen LogP contribution in [-0.4, -0.2) is 19.2 Å². The van der Waals surface area contributed by atoms with Gasteiger partial charge in [-0.05, 0) is 69.7 Å². The Balaban J connectivity index is 2.08. The van der Waals surface area contributed by atoms with Crippen molar-refractivity contribution in [3.8, 4) is 5.75 Å². The molecule has 2 heteroatoms. The predicted octanol–water partition coefficient (Wildman–Crippen LogP) is 4.36. The molecule has 112 valence electrons. The largest absolute Gasteiger partial charge is 0.491 e. The normalized spacial score (nSPS) is 22.4. The van der Waals surface area contributed by atoms with E-state index in [0.717, 1.165) is 24.8 Å². The quantitative estimate of drug-likeness (QED) is 0.747. The Kier molecular flexibility index (Phi) is 5.90. The van der Waals surface area contributed by atoms with Crippen molar-refractivity contribution >= 4 is 0 Å². The van der Waals surface area contributed by atoms with E-state index in [9.17, 15) is 0 Å². The third-order valence-corrected chi connectivity index (χ3v) is 4.17. The average Bonchev–Trinajstić information content (AvgIpc) is 2.87. The van der Waals surface area contributed by atoms with E-state index in [0.29, 0.717) is 5.92 Å². The van der Waals surface area contributed by atoms with E-state index in [2.05, 4.69) is 50.4 Å². The lowest BCUT2D eigenvalue weighted by molar-refractivity contribution is 0.237. The molecule has 2 atom stereocenters. The lowest BCUT2D eigenvalue weighted by atomic mass is 9.88. The Hall–Kier alpha value is -1.02. The van der Waals surface area contributed by atoms with Crippen LogP contribution in [-0.2, 0) is 0 Å². The van der Waals surface area contributed by atoms with Gasteiger partial charge in [-0.2, -0.15) is 0 Å². The van der Waals surface area contributed by atoms with E-state index in [1.807, 2.05) is 0 Å². The summed E-state index contributed by atoms with van der Waals surface area (Å²) in [7, 11) is 0. The van der Waals surface area contributed by atoms with Crippen LogP contribution in [0.15, 0.2) is 24.3 Å². The Morgan fingerprint density at radius 2 is 2.05 bits per heavy atom. The first-order valence-electron chi connectivity index (χ1n) is 8.18. The highest BCUT2D eigenvalue weighted by molar-refractivity contribution is 5.37. The smallest absolute Gasteiger partial charge is 0.123 e. The summed E-state index contributed by atoms with van der Waals surface area (Å²) in [5.41, 5.74) is 1.42. The summed E-state index contributed by atoms with van der Waals surface area (Å²) in [6, 6.07) is 8.63. The molecule has 2 unspecified atom stereocenters. The minimum absolute atomic E-state index is 0.245. The van der Waals surface area contributed by atoms with Gasteiger partial charge in [0.05, 0.1) is 6.10 Å². The van der Waals surface area contributed by atoms with Crippen molar-refractivity contribution in [2.45, 2.75) is 58.5 Å². The molecule has 0 aliphatic heterocycles. The first-order valence-corrected chi connectivity index (χ1v) is 8.18. The average molecular weight is 275 g/mol. The second-order valence-electron chi connectivity index (χ2n) is 6.21. The molecule has 1 aromatic rings. The monoisotopic (exact) mass is 275 g/mol. The lowest BCUT2D eigenvalue weighted by Crippen LogP contribution is -2.25. The van der Waals surface area contributed by atoms with Crippen LogP contribution in [0.1, 0.15) is 57.9 Å². The molecule has 2 rings (SSSR count). The van der Waals surface area contributed by atoms with Crippen LogP contribution in [0.25, 0.3) is 0 Å². The number of rotatable bonds is 7. The van der Waals surface area contributed by atoms with Crippen molar-refractivity contribution in [1.82, 2.24) is 5.32 Å². The molecule has 1 fully saturated rings. The van der Waals surface area contributed by atoms with Gasteiger partial charge in [-0.25, -0.2) is 0 Å². The fourth-order valence-corrected chi connectivity index (χ4v) is 3.30. The highest BCUT2D eigenvalue weighted by Gasteiger charge is 2.30. The van der Waals surface area contributed by atoms with Gasteiger partial charge in [0.2, 0.25) is 0 Å². The van der Waals surface area contributed by atoms with E-state index in [1.54, 1.807) is 0 Å². The van der Waals surface area contributed by atoms with Crippen LogP contribution in [0.5, 0.6) is 5.75 Å². The van der Waals surface area contributed by atoms with Crippen LogP contribution < -0.4 is 10.1 Å². The third-order valence-electron chi connectivity index (χ3n) is 4.17. The van der Waals surface area contributed by atoms with Gasteiger partial charge in [-0.1, -0.05) is 31.5 Å². The molecule has 0 saturated heterocycles. The van der Waals surface area contributed by atoms with Crippen molar-refractivity contribution in [2.24, 2.45) is 5.92 Å². The van der Waals surface area contributed by atoms with Crippen LogP contribution in [0, 0.1) is 5.92 Å². The van der Waals surface area contributed by atoms with Gasteiger partial charge in [0.25, 0.3) is 0 Å². The van der Waals surface area contributed by atoms with Crippen molar-refractivity contribution < 1.29 is 4.74 Å². The first kappa shape index (κ1) is 15.4. The molecule has 0 radical (unpaired) electrons. The van der Waals surface area contributed by atoms with Gasteiger partial charge in [0.15, 0.2) is 0 Å². The topological polar surface area (TPSA) is 21.3 Å². The molecule has 1 aliphatic rings. The molecule has 1 aromatic carbocycles. The van der Waals surface area contributed by atoms with Gasteiger partial charge in [0.1, 0.15) is 5.75 Å². The summed E-state index contributed by atoms with van der Waals surface area (Å²) < 4.78 is 6.01. The lowest BCUT2D eigenvalue weighted by Gasteiger charge is -2.24. The molecule has 0 aromatic heterocycles. The maximum atomic E-state index is 6.01. The maximum absolute atomic E-state index is 6.01. The minimum Gasteiger partial charge on any atom is -0.491 e. The molecule has 0 heterocycles. The molecule has 1 aliphatic carbocycles. The van der Waals surface area contributed by atoms with Crippen molar-refractivity contribution in [1.29, 1.82) is 0 Å². The zero-order valence-corrected chi connectivity index (χ0v) is 13.2. The van der Waals surface area contributed by atoms with E-state index in [-0.39, 0.29) is 6.10 Å². The standard InChI is InChI=1S/C18H29NO/c1-4-12-19-13-15-8-7-10-16(15)17-9-5-6-11-18(17)20-14(2)3/h5-6,9,11,14-16,19H,4,7-8,10,12-13H2,1-3H3. The molecule has 0 spiro atoms. The number of ether oxygens (including phenoxy) is 1. The van der Waals surface area contributed by atoms with E-state index >= 15 is 0 Å². The second kappa shape index (κ2) is 7.68. The van der Waals surface area contributed by atoms with Gasteiger partial charge >= 0.3 is 0 Å². The molecular weight excluding hydrogens is 246 g/mol. The highest BCUT2D eigenvalue weighted by atomic mass is 16.5. The summed E-state index contributed by atoms with van der Waals surface area (Å²) in [5, 5.41) is 3.60. The molecule has 0 amide bonds. The Morgan fingerprint density at radius 1 is 1.25 bits per heavy atom. The molecule has 1 N–H and O–H groups in total. The van der Waals surface area contributed by atoms with E-state index in [4.69, 9.17) is 4.74 Å².